The maximum atomic E-state index is 13.2. The van der Waals surface area contributed by atoms with Crippen molar-refractivity contribution in [1.29, 1.82) is 0 Å². The van der Waals surface area contributed by atoms with E-state index in [0.717, 1.165) is 44.5 Å². The molecule has 0 bridgehead atoms. The van der Waals surface area contributed by atoms with Crippen molar-refractivity contribution in [3.63, 3.8) is 0 Å². The summed E-state index contributed by atoms with van der Waals surface area (Å²) in [6, 6.07) is 17.7. The Morgan fingerprint density at radius 1 is 1.03 bits per heavy atom. The summed E-state index contributed by atoms with van der Waals surface area (Å²) >= 11 is 0. The third-order valence-electron chi connectivity index (χ3n) is 6.76. The number of likely N-dealkylation sites (tertiary alicyclic amines) is 2. The molecule has 0 saturated carbocycles. The highest BCUT2D eigenvalue weighted by molar-refractivity contribution is 5.76. The van der Waals surface area contributed by atoms with Gasteiger partial charge >= 0.3 is 0 Å². The van der Waals surface area contributed by atoms with Crippen molar-refractivity contribution in [3.05, 3.63) is 66.0 Å². The quantitative estimate of drug-likeness (QED) is 0.764. The minimum absolute atomic E-state index is 0.331. The average molecular weight is 392 g/mol. The molecule has 0 aliphatic carbocycles. The van der Waals surface area contributed by atoms with E-state index in [-0.39, 0.29) is 0 Å². The highest BCUT2D eigenvalue weighted by atomic mass is 16.2. The third kappa shape index (κ3) is 4.69. The molecule has 1 aromatic heterocycles. The zero-order valence-corrected chi connectivity index (χ0v) is 17.5. The highest BCUT2D eigenvalue weighted by Crippen LogP contribution is 2.38. The molecule has 0 unspecified atom stereocenters. The van der Waals surface area contributed by atoms with Crippen LogP contribution in [0.2, 0.25) is 0 Å². The summed E-state index contributed by atoms with van der Waals surface area (Å²) in [6.07, 6.45) is 8.84. The Morgan fingerprint density at radius 2 is 1.86 bits per heavy atom. The van der Waals surface area contributed by atoms with E-state index < -0.39 is 0 Å². The van der Waals surface area contributed by atoms with Crippen molar-refractivity contribution >= 4 is 5.91 Å². The lowest BCUT2D eigenvalue weighted by molar-refractivity contribution is -0.137. The number of rotatable bonds is 5. The number of carbonyl (C=O) groups is 1. The van der Waals surface area contributed by atoms with Crippen LogP contribution >= 0.6 is 0 Å². The molecule has 2 aliphatic rings. The molecule has 4 heteroatoms. The van der Waals surface area contributed by atoms with Gasteiger partial charge in [-0.15, -0.1) is 0 Å². The molecule has 2 aliphatic heterocycles. The van der Waals surface area contributed by atoms with Crippen molar-refractivity contribution < 1.29 is 4.79 Å². The summed E-state index contributed by atoms with van der Waals surface area (Å²) in [4.78, 5) is 22.3. The fourth-order valence-electron chi connectivity index (χ4n) is 5.34. The van der Waals surface area contributed by atoms with E-state index in [1.54, 1.807) is 0 Å². The Balaban J connectivity index is 1.46. The summed E-state index contributed by atoms with van der Waals surface area (Å²) in [7, 11) is 2.26. The van der Waals surface area contributed by atoms with Crippen LogP contribution in [0.4, 0.5) is 0 Å². The number of benzene rings is 1. The summed E-state index contributed by atoms with van der Waals surface area (Å²) in [5, 5.41) is 0. The predicted octanol–water partition coefficient (Wildman–Crippen LogP) is 4.27. The molecule has 0 radical (unpaired) electrons. The SMILES string of the molecule is CN1CCCC[C@@H]2[C@H]1[C@@H](c1ccccc1)CCN2C(=O)CCCc1ccccn1. The second kappa shape index (κ2) is 9.53. The lowest BCUT2D eigenvalue weighted by atomic mass is 9.79. The van der Waals surface area contributed by atoms with E-state index in [9.17, 15) is 4.79 Å². The molecule has 2 aromatic rings. The van der Waals surface area contributed by atoms with Gasteiger partial charge in [-0.1, -0.05) is 42.8 Å². The minimum Gasteiger partial charge on any atom is -0.338 e. The lowest BCUT2D eigenvalue weighted by Gasteiger charge is -2.48. The van der Waals surface area contributed by atoms with Gasteiger partial charge in [-0.25, -0.2) is 0 Å². The van der Waals surface area contributed by atoms with Gasteiger partial charge in [0.15, 0.2) is 0 Å². The normalized spacial score (nSPS) is 25.3. The van der Waals surface area contributed by atoms with Crippen LogP contribution in [0.3, 0.4) is 0 Å². The Kier molecular flexibility index (Phi) is 6.60. The molecule has 3 atom stereocenters. The van der Waals surface area contributed by atoms with Crippen molar-refractivity contribution in [1.82, 2.24) is 14.8 Å². The fourth-order valence-corrected chi connectivity index (χ4v) is 5.34. The van der Waals surface area contributed by atoms with Gasteiger partial charge in [-0.3, -0.25) is 9.78 Å². The molecule has 3 heterocycles. The standard InChI is InChI=1S/C25H33N3O/c1-27-18-8-6-14-23-25(27)22(20-10-3-2-4-11-20)16-19-28(23)24(29)15-9-13-21-12-5-7-17-26-21/h2-5,7,10-12,17,22-23,25H,6,8-9,13-16,18-19H2,1H3/t22-,23-,25-/m1/s1. The van der Waals surface area contributed by atoms with E-state index in [0.29, 0.717) is 30.3 Å². The molecule has 29 heavy (non-hydrogen) atoms. The second-order valence-electron chi connectivity index (χ2n) is 8.60. The molecule has 0 spiro atoms. The van der Waals surface area contributed by atoms with Crippen LogP contribution in [-0.4, -0.2) is 52.9 Å². The van der Waals surface area contributed by atoms with Crippen molar-refractivity contribution in [2.24, 2.45) is 0 Å². The van der Waals surface area contributed by atoms with Crippen molar-refractivity contribution in [2.75, 3.05) is 20.1 Å². The third-order valence-corrected chi connectivity index (χ3v) is 6.76. The zero-order valence-electron chi connectivity index (χ0n) is 17.5. The van der Waals surface area contributed by atoms with E-state index in [2.05, 4.69) is 52.2 Å². The molecular weight excluding hydrogens is 358 g/mol. The maximum absolute atomic E-state index is 13.2. The number of carbonyl (C=O) groups excluding carboxylic acids is 1. The monoisotopic (exact) mass is 391 g/mol. The first-order valence-corrected chi connectivity index (χ1v) is 11.2. The van der Waals surface area contributed by atoms with E-state index in [4.69, 9.17) is 0 Å². The van der Waals surface area contributed by atoms with Crippen molar-refractivity contribution in [3.8, 4) is 0 Å². The van der Waals surface area contributed by atoms with Crippen LogP contribution in [0.25, 0.3) is 0 Å². The lowest BCUT2D eigenvalue weighted by Crippen LogP contribution is -2.58. The van der Waals surface area contributed by atoms with Gasteiger partial charge in [-0.05, 0) is 63.4 Å². The number of likely N-dealkylation sites (N-methyl/N-ethyl adjacent to an activating group) is 1. The Bertz CT molecular complexity index is 779. The predicted molar refractivity (Wildman–Crippen MR) is 117 cm³/mol. The van der Waals surface area contributed by atoms with Crippen LogP contribution < -0.4 is 0 Å². The van der Waals surface area contributed by atoms with E-state index in [1.807, 2.05) is 24.4 Å². The van der Waals surface area contributed by atoms with Gasteiger partial charge in [-0.2, -0.15) is 0 Å². The topological polar surface area (TPSA) is 36.4 Å². The number of fused-ring (bicyclic) bond motifs is 1. The molecule has 154 valence electrons. The number of amides is 1. The smallest absolute Gasteiger partial charge is 0.222 e. The van der Waals surface area contributed by atoms with Crippen LogP contribution in [0.15, 0.2) is 54.7 Å². The molecule has 4 rings (SSSR count). The number of nitrogens with zero attached hydrogens (tertiary/aromatic N) is 3. The highest BCUT2D eigenvalue weighted by Gasteiger charge is 2.42. The fraction of sp³-hybridized carbons (Fsp3) is 0.520. The van der Waals surface area contributed by atoms with E-state index >= 15 is 0 Å². The molecule has 2 fully saturated rings. The second-order valence-corrected chi connectivity index (χ2v) is 8.60. The van der Waals surface area contributed by atoms with Crippen LogP contribution in [-0.2, 0) is 11.2 Å². The minimum atomic E-state index is 0.331. The summed E-state index contributed by atoms with van der Waals surface area (Å²) in [6.45, 7) is 2.02. The van der Waals surface area contributed by atoms with Crippen LogP contribution in [0.5, 0.6) is 0 Å². The molecule has 1 amide bonds. The number of pyridine rings is 1. The average Bonchev–Trinajstić information content (AvgIpc) is 2.96. The summed E-state index contributed by atoms with van der Waals surface area (Å²) < 4.78 is 0. The summed E-state index contributed by atoms with van der Waals surface area (Å²) in [5.74, 6) is 0.847. The molecular formula is C25H33N3O. The van der Waals surface area contributed by atoms with Gasteiger partial charge in [0.05, 0.1) is 0 Å². The van der Waals surface area contributed by atoms with Crippen molar-refractivity contribution in [2.45, 2.75) is 62.9 Å². The van der Waals surface area contributed by atoms with Gasteiger partial charge in [0, 0.05) is 42.9 Å². The molecule has 2 saturated heterocycles. The number of aryl methyl sites for hydroxylation is 1. The largest absolute Gasteiger partial charge is 0.338 e. The number of aromatic nitrogens is 1. The van der Waals surface area contributed by atoms with Gasteiger partial charge in [0.25, 0.3) is 0 Å². The van der Waals surface area contributed by atoms with Gasteiger partial charge < -0.3 is 9.80 Å². The van der Waals surface area contributed by atoms with Gasteiger partial charge in [0.2, 0.25) is 5.91 Å². The summed E-state index contributed by atoms with van der Waals surface area (Å²) in [5.41, 5.74) is 2.51. The Labute approximate surface area is 174 Å². The molecule has 4 nitrogen and oxygen atoms in total. The number of piperidine rings is 1. The van der Waals surface area contributed by atoms with Crippen LogP contribution in [0, 0.1) is 0 Å². The first-order valence-electron chi connectivity index (χ1n) is 11.2. The first-order chi connectivity index (χ1) is 14.2. The van der Waals surface area contributed by atoms with Crippen LogP contribution in [0.1, 0.15) is 55.7 Å². The number of hydrogen-bond acceptors (Lipinski definition) is 3. The van der Waals surface area contributed by atoms with E-state index in [1.165, 1.54) is 18.4 Å². The maximum Gasteiger partial charge on any atom is 0.222 e. The zero-order chi connectivity index (χ0) is 20.1. The Morgan fingerprint density at radius 3 is 2.66 bits per heavy atom. The first kappa shape index (κ1) is 20.1. The number of hydrogen-bond donors (Lipinski definition) is 0. The molecule has 1 aromatic carbocycles. The molecule has 0 N–H and O–H groups in total. The Hall–Kier alpha value is -2.20. The van der Waals surface area contributed by atoms with Gasteiger partial charge in [0.1, 0.15) is 0 Å².